The second-order valence-corrected chi connectivity index (χ2v) is 7.75. The Morgan fingerprint density at radius 3 is 2.31 bits per heavy atom. The summed E-state index contributed by atoms with van der Waals surface area (Å²) in [6.07, 6.45) is 0. The fourth-order valence-corrected chi connectivity index (χ4v) is 3.58. The lowest BCUT2D eigenvalue weighted by Gasteiger charge is -2.14. The van der Waals surface area contributed by atoms with Crippen molar-refractivity contribution in [3.05, 3.63) is 89.0 Å². The van der Waals surface area contributed by atoms with Crippen molar-refractivity contribution in [3.8, 4) is 6.07 Å². The molecule has 3 aromatic carbocycles. The predicted molar refractivity (Wildman–Crippen MR) is 128 cm³/mol. The number of hydrogen-bond acceptors (Lipinski definition) is 7. The van der Waals surface area contributed by atoms with E-state index in [2.05, 4.69) is 10.6 Å². The van der Waals surface area contributed by atoms with Crippen molar-refractivity contribution in [1.29, 1.82) is 5.26 Å². The van der Waals surface area contributed by atoms with Gasteiger partial charge in [0.1, 0.15) is 0 Å². The Bertz CT molecular complexity index is 1460. The Balaban J connectivity index is 1.43. The number of carbonyl (C=O) groups is 5. The van der Waals surface area contributed by atoms with Crippen molar-refractivity contribution in [2.24, 2.45) is 0 Å². The second-order valence-electron chi connectivity index (χ2n) is 7.75. The highest BCUT2D eigenvalue weighted by atomic mass is 16.5. The molecule has 0 unspecified atom stereocenters. The summed E-state index contributed by atoms with van der Waals surface area (Å²) < 4.78 is 5.04. The second kappa shape index (κ2) is 9.90. The zero-order chi connectivity index (χ0) is 25.8. The number of nitrogens with zero attached hydrogens (tertiary/aromatic N) is 2. The first-order valence-electron chi connectivity index (χ1n) is 10.6. The third-order valence-corrected chi connectivity index (χ3v) is 5.18. The van der Waals surface area contributed by atoms with Crippen LogP contribution >= 0.6 is 0 Å². The van der Waals surface area contributed by atoms with E-state index >= 15 is 0 Å². The zero-order valence-corrected chi connectivity index (χ0v) is 18.9. The van der Waals surface area contributed by atoms with Gasteiger partial charge >= 0.3 is 5.97 Å². The van der Waals surface area contributed by atoms with Crippen LogP contribution in [0.4, 0.5) is 17.1 Å². The summed E-state index contributed by atoms with van der Waals surface area (Å²) in [5, 5.41) is 14.0. The summed E-state index contributed by atoms with van der Waals surface area (Å²) in [6.45, 7) is 0.772. The number of rotatable bonds is 6. The third kappa shape index (κ3) is 4.95. The Hall–Kier alpha value is -5.30. The maximum absolute atomic E-state index is 13.0. The van der Waals surface area contributed by atoms with E-state index in [1.807, 2.05) is 6.07 Å². The van der Waals surface area contributed by atoms with E-state index in [9.17, 15) is 24.0 Å². The highest BCUT2D eigenvalue weighted by molar-refractivity contribution is 6.34. The molecule has 4 amide bonds. The molecule has 178 valence electrons. The molecule has 10 nitrogen and oxygen atoms in total. The van der Waals surface area contributed by atoms with E-state index in [1.165, 1.54) is 43.3 Å². The SMILES string of the molecule is CC(=O)Nc1ccc(N2C(=O)c3ccc(C(=O)OCC(=O)Nc4cccc(C#N)c4)cc3C2=O)cc1. The van der Waals surface area contributed by atoms with Crippen molar-refractivity contribution in [3.63, 3.8) is 0 Å². The highest BCUT2D eigenvalue weighted by Gasteiger charge is 2.37. The number of carbonyl (C=O) groups excluding carboxylic acids is 5. The molecule has 0 saturated heterocycles. The molecule has 0 aromatic heterocycles. The van der Waals surface area contributed by atoms with E-state index in [4.69, 9.17) is 10.00 Å². The van der Waals surface area contributed by atoms with Crippen LogP contribution in [0, 0.1) is 11.3 Å². The van der Waals surface area contributed by atoms with Crippen LogP contribution in [0.2, 0.25) is 0 Å². The number of anilines is 3. The molecule has 4 rings (SSSR count). The molecule has 36 heavy (non-hydrogen) atoms. The van der Waals surface area contributed by atoms with Crippen LogP contribution in [0.1, 0.15) is 43.6 Å². The first kappa shape index (κ1) is 23.8. The molecule has 0 radical (unpaired) electrons. The summed E-state index contributed by atoms with van der Waals surface area (Å²) in [5.74, 6) is -2.89. The summed E-state index contributed by atoms with van der Waals surface area (Å²) in [4.78, 5) is 62.5. The van der Waals surface area contributed by atoms with Crippen LogP contribution in [-0.4, -0.2) is 36.2 Å². The standard InChI is InChI=1S/C26H18N4O6/c1-15(31)28-18-6-8-20(9-7-18)30-24(33)21-10-5-17(12-22(21)25(30)34)26(35)36-14-23(32)29-19-4-2-3-16(11-19)13-27/h2-12H,14H2,1H3,(H,28,31)(H,29,32). The molecule has 2 N–H and O–H groups in total. The van der Waals surface area contributed by atoms with Crippen molar-refractivity contribution >= 4 is 46.7 Å². The van der Waals surface area contributed by atoms with Gasteiger partial charge in [-0.15, -0.1) is 0 Å². The number of amides is 4. The zero-order valence-electron chi connectivity index (χ0n) is 18.9. The topological polar surface area (TPSA) is 146 Å². The van der Waals surface area contributed by atoms with Gasteiger partial charge in [0, 0.05) is 18.3 Å². The van der Waals surface area contributed by atoms with Gasteiger partial charge in [0.25, 0.3) is 17.7 Å². The fourth-order valence-electron chi connectivity index (χ4n) is 3.58. The van der Waals surface area contributed by atoms with Crippen LogP contribution < -0.4 is 15.5 Å². The average molecular weight is 482 g/mol. The summed E-state index contributed by atoms with van der Waals surface area (Å²) in [6, 6.07) is 18.3. The van der Waals surface area contributed by atoms with Gasteiger partial charge in [-0.05, 0) is 60.7 Å². The highest BCUT2D eigenvalue weighted by Crippen LogP contribution is 2.30. The normalized spacial score (nSPS) is 11.9. The quantitative estimate of drug-likeness (QED) is 0.405. The van der Waals surface area contributed by atoms with Crippen molar-refractivity contribution < 1.29 is 28.7 Å². The van der Waals surface area contributed by atoms with E-state index in [-0.39, 0.29) is 22.6 Å². The Labute approximate surface area is 205 Å². The lowest BCUT2D eigenvalue weighted by atomic mass is 10.1. The minimum atomic E-state index is -0.850. The first-order valence-corrected chi connectivity index (χ1v) is 10.6. The Kier molecular flexibility index (Phi) is 6.56. The maximum Gasteiger partial charge on any atom is 0.338 e. The van der Waals surface area contributed by atoms with E-state index in [0.29, 0.717) is 22.6 Å². The van der Waals surface area contributed by atoms with Crippen LogP contribution in [-0.2, 0) is 14.3 Å². The lowest BCUT2D eigenvalue weighted by molar-refractivity contribution is -0.119. The minimum absolute atomic E-state index is 0.00275. The summed E-state index contributed by atoms with van der Waals surface area (Å²) in [5.41, 5.74) is 1.70. The monoisotopic (exact) mass is 482 g/mol. The lowest BCUT2D eigenvalue weighted by Crippen LogP contribution is -2.29. The summed E-state index contributed by atoms with van der Waals surface area (Å²) in [7, 11) is 0. The summed E-state index contributed by atoms with van der Waals surface area (Å²) >= 11 is 0. The molecule has 1 aliphatic heterocycles. The van der Waals surface area contributed by atoms with Crippen LogP contribution in [0.3, 0.4) is 0 Å². The molecule has 0 spiro atoms. The molecule has 10 heteroatoms. The number of benzene rings is 3. The predicted octanol–water partition coefficient (Wildman–Crippen LogP) is 3.11. The van der Waals surface area contributed by atoms with Gasteiger partial charge < -0.3 is 15.4 Å². The van der Waals surface area contributed by atoms with Crippen molar-refractivity contribution in [1.82, 2.24) is 0 Å². The molecule has 1 heterocycles. The Morgan fingerprint density at radius 2 is 1.61 bits per heavy atom. The van der Waals surface area contributed by atoms with Crippen molar-refractivity contribution in [2.45, 2.75) is 6.92 Å². The first-order chi connectivity index (χ1) is 17.3. The molecule has 1 aliphatic rings. The molecule has 0 saturated carbocycles. The van der Waals surface area contributed by atoms with Crippen molar-refractivity contribution in [2.75, 3.05) is 22.1 Å². The molecule has 0 aliphatic carbocycles. The molecule has 3 aromatic rings. The van der Waals surface area contributed by atoms with E-state index in [0.717, 1.165) is 4.90 Å². The molecular weight excluding hydrogens is 464 g/mol. The number of ether oxygens (including phenoxy) is 1. The molecular formula is C26H18N4O6. The van der Waals surface area contributed by atoms with E-state index < -0.39 is 30.3 Å². The number of hydrogen-bond donors (Lipinski definition) is 2. The van der Waals surface area contributed by atoms with Crippen LogP contribution in [0.15, 0.2) is 66.7 Å². The minimum Gasteiger partial charge on any atom is -0.452 e. The number of nitriles is 1. The van der Waals surface area contributed by atoms with Gasteiger partial charge in [-0.2, -0.15) is 5.26 Å². The van der Waals surface area contributed by atoms with E-state index in [1.54, 1.807) is 30.3 Å². The number of esters is 1. The van der Waals surface area contributed by atoms with Gasteiger partial charge in [-0.25, -0.2) is 9.69 Å². The third-order valence-electron chi connectivity index (χ3n) is 5.18. The van der Waals surface area contributed by atoms with Crippen LogP contribution in [0.5, 0.6) is 0 Å². The molecule has 0 fully saturated rings. The average Bonchev–Trinajstić information content (AvgIpc) is 3.12. The van der Waals surface area contributed by atoms with Gasteiger partial charge in [0.15, 0.2) is 6.61 Å². The van der Waals surface area contributed by atoms with Gasteiger partial charge in [-0.3, -0.25) is 19.2 Å². The number of nitrogens with one attached hydrogen (secondary N) is 2. The van der Waals surface area contributed by atoms with Gasteiger partial charge in [0.05, 0.1) is 34.0 Å². The number of fused-ring (bicyclic) bond motifs is 1. The Morgan fingerprint density at radius 1 is 0.889 bits per heavy atom. The largest absolute Gasteiger partial charge is 0.452 e. The van der Waals surface area contributed by atoms with Crippen LogP contribution in [0.25, 0.3) is 0 Å². The fraction of sp³-hybridized carbons (Fsp3) is 0.0769. The smallest absolute Gasteiger partial charge is 0.338 e. The van der Waals surface area contributed by atoms with Gasteiger partial charge in [-0.1, -0.05) is 6.07 Å². The van der Waals surface area contributed by atoms with Gasteiger partial charge in [0.2, 0.25) is 5.91 Å². The number of imide groups is 1. The maximum atomic E-state index is 13.0. The molecule has 0 bridgehead atoms. The molecule has 0 atom stereocenters.